The Morgan fingerprint density at radius 2 is 1.10 bits per heavy atom. The van der Waals surface area contributed by atoms with Crippen molar-refractivity contribution in [1.29, 1.82) is 0 Å². The molecule has 0 heterocycles. The fraction of sp³-hybridized carbons (Fsp3) is 0. The number of carbonyl (C=O) groups excluding carboxylic acids is 2. The van der Waals surface area contributed by atoms with E-state index in [1.165, 1.54) is 0 Å². The van der Waals surface area contributed by atoms with E-state index in [2.05, 4.69) is 0 Å². The van der Waals surface area contributed by atoms with Crippen molar-refractivity contribution in [2.75, 3.05) is 0 Å². The van der Waals surface area contributed by atoms with Gasteiger partial charge in [0.05, 0.1) is 0 Å². The summed E-state index contributed by atoms with van der Waals surface area (Å²) in [6.07, 6.45) is 0. The number of hydrogen-bond donors (Lipinski definition) is 2. The molecular weight excluding hydrogens is 257 g/mol. The fourth-order valence-corrected chi connectivity index (χ4v) is 0.712. The van der Waals surface area contributed by atoms with Gasteiger partial charge < -0.3 is 0 Å². The first kappa shape index (κ1) is 9.77. The third-order valence-corrected chi connectivity index (χ3v) is 1.65. The summed E-state index contributed by atoms with van der Waals surface area (Å²) in [6.45, 7) is 0. The topological polar surface area (TPSA) is 74.6 Å². The van der Waals surface area contributed by atoms with E-state index in [-0.39, 0.29) is 0 Å². The molecule has 0 saturated carbocycles. The van der Waals surface area contributed by atoms with Gasteiger partial charge in [0.15, 0.2) is 0 Å². The van der Waals surface area contributed by atoms with Crippen LogP contribution in [0.4, 0.5) is 0 Å². The van der Waals surface area contributed by atoms with E-state index in [1.54, 1.807) is 0 Å². The molecule has 0 aliphatic rings. The zero-order valence-corrected chi connectivity index (χ0v) is 8.91. The van der Waals surface area contributed by atoms with Crippen molar-refractivity contribution >= 4 is 42.3 Å². The van der Waals surface area contributed by atoms with Gasteiger partial charge in [-0.15, -0.1) is 0 Å². The zero-order valence-electron chi connectivity index (χ0n) is 4.71. The Labute approximate surface area is 73.7 Å². The Morgan fingerprint density at radius 1 is 0.900 bits per heavy atom. The van der Waals surface area contributed by atoms with Crippen molar-refractivity contribution in [3.63, 3.8) is 0 Å². The quantitative estimate of drug-likeness (QED) is 0.367. The molecule has 10 heavy (non-hydrogen) atoms. The summed E-state index contributed by atoms with van der Waals surface area (Å²) in [7, 11) is 0. The average molecular weight is 259 g/mol. The van der Waals surface area contributed by atoms with Crippen LogP contribution >= 0.6 is 0 Å². The van der Waals surface area contributed by atoms with Crippen LogP contribution in [0.2, 0.25) is 0 Å². The third kappa shape index (κ3) is 2.57. The normalized spacial score (nSPS) is 12.2. The van der Waals surface area contributed by atoms with E-state index in [4.69, 9.17) is 10.2 Å². The SMILES string of the molecule is O=[C]([Ge])/C(O)=C(\O)[C](=O)[Ge]. The predicted octanol–water partition coefficient (Wildman–Crippen LogP) is -1.30. The van der Waals surface area contributed by atoms with Crippen LogP contribution in [0.3, 0.4) is 0 Å². The molecule has 50 valence electrons. The van der Waals surface area contributed by atoms with Crippen molar-refractivity contribution in [3.05, 3.63) is 11.5 Å². The van der Waals surface area contributed by atoms with Gasteiger partial charge in [-0.2, -0.15) is 0 Å². The predicted molar refractivity (Wildman–Crippen MR) is 33.8 cm³/mol. The average Bonchev–Trinajstić information content (AvgIpc) is 1.84. The van der Waals surface area contributed by atoms with E-state index in [0.717, 1.165) is 33.0 Å². The first-order valence-electron chi connectivity index (χ1n) is 2.11. The minimum absolute atomic E-state index is 0.729. The Kier molecular flexibility index (Phi) is 3.73. The first-order chi connectivity index (χ1) is 4.46. The molecule has 0 bridgehead atoms. The second-order valence-electron chi connectivity index (χ2n) is 1.36. The van der Waals surface area contributed by atoms with Gasteiger partial charge in [0.1, 0.15) is 0 Å². The summed E-state index contributed by atoms with van der Waals surface area (Å²) >= 11 is 2.10. The van der Waals surface area contributed by atoms with Gasteiger partial charge in [-0.3, -0.25) is 0 Å². The Hall–Kier alpha value is -0.234. The molecular formula is C4H2Ge2O4. The summed E-state index contributed by atoms with van der Waals surface area (Å²) in [4.78, 5) is 20.5. The molecule has 0 aliphatic carbocycles. The van der Waals surface area contributed by atoms with Crippen molar-refractivity contribution in [1.82, 2.24) is 0 Å². The summed E-state index contributed by atoms with van der Waals surface area (Å²) < 4.78 is -1.46. The van der Waals surface area contributed by atoms with Gasteiger partial charge in [0.2, 0.25) is 0 Å². The Balaban J connectivity index is 4.67. The monoisotopic (exact) mass is 262 g/mol. The molecule has 0 amide bonds. The van der Waals surface area contributed by atoms with Crippen LogP contribution in [0.1, 0.15) is 0 Å². The molecule has 0 unspecified atom stereocenters. The van der Waals surface area contributed by atoms with Crippen molar-refractivity contribution in [2.45, 2.75) is 0 Å². The molecule has 0 fully saturated rings. The van der Waals surface area contributed by atoms with Crippen LogP contribution in [0.5, 0.6) is 0 Å². The minimum atomic E-state index is -0.882. The van der Waals surface area contributed by atoms with Crippen LogP contribution in [0, 0.1) is 0 Å². The molecule has 0 aromatic carbocycles. The number of carbonyl (C=O) groups is 2. The van der Waals surface area contributed by atoms with Crippen molar-refractivity contribution in [2.24, 2.45) is 0 Å². The molecule has 2 N–H and O–H groups in total. The van der Waals surface area contributed by atoms with Crippen LogP contribution in [0.15, 0.2) is 11.5 Å². The summed E-state index contributed by atoms with van der Waals surface area (Å²) in [5, 5.41) is 17.2. The van der Waals surface area contributed by atoms with Gasteiger partial charge in [0.25, 0.3) is 0 Å². The molecule has 6 radical (unpaired) electrons. The fourth-order valence-electron chi connectivity index (χ4n) is 0.215. The number of rotatable bonds is 2. The zero-order chi connectivity index (χ0) is 8.31. The third-order valence-electron chi connectivity index (χ3n) is 0.654. The molecule has 0 aromatic heterocycles. The van der Waals surface area contributed by atoms with E-state index >= 15 is 0 Å². The van der Waals surface area contributed by atoms with Crippen LogP contribution in [-0.4, -0.2) is 52.5 Å². The van der Waals surface area contributed by atoms with Crippen LogP contribution < -0.4 is 0 Å². The van der Waals surface area contributed by atoms with Gasteiger partial charge in [0, 0.05) is 0 Å². The Bertz CT molecular complexity index is 185. The molecule has 0 aromatic rings. The molecule has 0 saturated heterocycles. The van der Waals surface area contributed by atoms with E-state index < -0.39 is 20.7 Å². The summed E-state index contributed by atoms with van der Waals surface area (Å²) in [6, 6.07) is 0. The van der Waals surface area contributed by atoms with Crippen molar-refractivity contribution in [3.8, 4) is 0 Å². The van der Waals surface area contributed by atoms with Crippen LogP contribution in [-0.2, 0) is 9.59 Å². The molecule has 4 nitrogen and oxygen atoms in total. The molecule has 0 spiro atoms. The second kappa shape index (κ2) is 3.82. The van der Waals surface area contributed by atoms with E-state index in [9.17, 15) is 9.59 Å². The number of hydrogen-bond acceptors (Lipinski definition) is 4. The maximum atomic E-state index is 10.3. The number of allylic oxidation sites excluding steroid dienone is 2. The molecule has 6 heteroatoms. The van der Waals surface area contributed by atoms with Gasteiger partial charge in [-0.1, -0.05) is 0 Å². The number of aliphatic hydroxyl groups excluding tert-OH is 2. The van der Waals surface area contributed by atoms with Gasteiger partial charge >= 0.3 is 73.6 Å². The molecule has 0 atom stereocenters. The van der Waals surface area contributed by atoms with E-state index in [1.807, 2.05) is 0 Å². The van der Waals surface area contributed by atoms with Gasteiger partial charge in [-0.05, 0) is 0 Å². The standard InChI is InChI=1S/C4H2Ge2O4/c5-3(9)1(7)2(8)4(6)10/h7-8H/b2-1+. The summed E-state index contributed by atoms with van der Waals surface area (Å²) in [5.41, 5.74) is 0. The molecule has 0 aliphatic heterocycles. The van der Waals surface area contributed by atoms with Crippen molar-refractivity contribution < 1.29 is 19.8 Å². The Morgan fingerprint density at radius 3 is 1.20 bits per heavy atom. The summed E-state index contributed by atoms with van der Waals surface area (Å²) in [5.74, 6) is -1.76. The van der Waals surface area contributed by atoms with E-state index in [0.29, 0.717) is 0 Å². The molecule has 0 rings (SSSR count). The van der Waals surface area contributed by atoms with Crippen LogP contribution in [0.25, 0.3) is 0 Å². The second-order valence-corrected chi connectivity index (χ2v) is 3.26. The van der Waals surface area contributed by atoms with Gasteiger partial charge in [-0.25, -0.2) is 0 Å². The maximum absolute atomic E-state index is 10.3. The number of aliphatic hydroxyl groups is 2. The first-order valence-corrected chi connectivity index (χ1v) is 4.20.